The summed E-state index contributed by atoms with van der Waals surface area (Å²) in [5.74, 6) is 5.46. The summed E-state index contributed by atoms with van der Waals surface area (Å²) in [7, 11) is 0. The van der Waals surface area contributed by atoms with Gasteiger partial charge in [-0.15, -0.1) is 5.10 Å². The summed E-state index contributed by atoms with van der Waals surface area (Å²) in [5, 5.41) is 26.7. The lowest BCUT2D eigenvalue weighted by molar-refractivity contribution is 0.543. The molecule has 0 radical (unpaired) electrons. The van der Waals surface area contributed by atoms with Crippen LogP contribution in [0.3, 0.4) is 0 Å². The van der Waals surface area contributed by atoms with E-state index in [4.69, 9.17) is 5.84 Å². The average Bonchev–Trinajstić information content (AvgIpc) is 2.82. The molecule has 0 aliphatic rings. The van der Waals surface area contributed by atoms with Gasteiger partial charge in [-0.05, 0) is 38.2 Å². The zero-order chi connectivity index (χ0) is 23.5. The number of nitrogen functional groups attached to an aromatic ring is 1. The van der Waals surface area contributed by atoms with E-state index in [0.29, 0.717) is 0 Å². The third kappa shape index (κ3) is 20.1. The summed E-state index contributed by atoms with van der Waals surface area (Å²) in [6.07, 6.45) is 2.94. The van der Waals surface area contributed by atoms with Gasteiger partial charge in [-0.2, -0.15) is 10.3 Å². The summed E-state index contributed by atoms with van der Waals surface area (Å²) in [5.41, 5.74) is 0. The van der Waals surface area contributed by atoms with Crippen molar-refractivity contribution in [2.45, 2.75) is 0 Å². The Kier molecular flexibility index (Phi) is 17.1. The molecule has 0 fully saturated rings. The molecule has 0 saturated heterocycles. The van der Waals surface area contributed by atoms with Crippen LogP contribution in [-0.4, -0.2) is 46.4 Å². The van der Waals surface area contributed by atoms with Crippen LogP contribution in [0.5, 0.6) is 0 Å². The third-order valence-electron chi connectivity index (χ3n) is 3.00. The Hall–Kier alpha value is -4.99. The van der Waals surface area contributed by atoms with Crippen LogP contribution >= 0.6 is 0 Å². The van der Waals surface area contributed by atoms with Gasteiger partial charge in [0, 0.05) is 6.20 Å². The first-order chi connectivity index (χ1) is 16.4. The summed E-state index contributed by atoms with van der Waals surface area (Å²) in [6, 6.07) is 39.7. The Morgan fingerprint density at radius 1 is 0.424 bits per heavy atom. The highest BCUT2D eigenvalue weighted by atomic mass is 15.7. The Morgan fingerprint density at radius 3 is 1.24 bits per heavy atom. The van der Waals surface area contributed by atoms with Crippen molar-refractivity contribution >= 4 is 0 Å². The van der Waals surface area contributed by atoms with Gasteiger partial charge in [-0.25, -0.2) is 0 Å². The van der Waals surface area contributed by atoms with Crippen molar-refractivity contribution in [3.63, 3.8) is 0 Å². The van der Waals surface area contributed by atoms with Gasteiger partial charge in [0.05, 0.1) is 6.20 Å². The Labute approximate surface area is 192 Å². The Morgan fingerprint density at radius 2 is 0.788 bits per heavy atom. The fraction of sp³-hybridized carbons (Fsp3) is 0. The average molecular weight is 443 g/mol. The summed E-state index contributed by atoms with van der Waals surface area (Å²) in [6.45, 7) is 0. The molecule has 10 heteroatoms. The van der Waals surface area contributed by atoms with Gasteiger partial charge in [0.25, 0.3) is 0 Å². The van der Waals surface area contributed by atoms with Crippen LogP contribution in [-0.2, 0) is 0 Å². The second-order valence-corrected chi connectivity index (χ2v) is 5.48. The van der Waals surface area contributed by atoms with Crippen molar-refractivity contribution in [1.82, 2.24) is 46.4 Å². The topological polar surface area (TPSA) is 137 Å². The maximum absolute atomic E-state index is 5.46. The SMILES string of the molecule is Nn1nnnnnncccccccccccccccccccccccn[nH]1. The standard InChI is InChI=1S/C23H26N10/c24-33-31-26-23-21-19-17-15-13-11-9-7-5-3-1-2-4-6-8-10-12-14-16-18-20-22-25-27-28-29-30-32-33/h1-23,31H,24H2. The Balaban J connectivity index is 3.07. The molecule has 3 N–H and O–H groups in total. The minimum Gasteiger partial charge on any atom is -0.305 e. The van der Waals surface area contributed by atoms with E-state index in [2.05, 4.69) is 41.5 Å². The van der Waals surface area contributed by atoms with Gasteiger partial charge in [-0.3, -0.25) is 0 Å². The van der Waals surface area contributed by atoms with E-state index >= 15 is 0 Å². The fourth-order valence-electron chi connectivity index (χ4n) is 1.66. The van der Waals surface area contributed by atoms with Crippen LogP contribution in [0.2, 0.25) is 0 Å². The fourth-order valence-corrected chi connectivity index (χ4v) is 1.66. The van der Waals surface area contributed by atoms with Crippen molar-refractivity contribution < 1.29 is 0 Å². The maximum Gasteiger partial charge on any atom is 0.0514 e. The minimum absolute atomic E-state index is 0.752. The number of nitrogens with zero attached hydrogens (tertiary/aromatic N) is 8. The van der Waals surface area contributed by atoms with E-state index in [1.807, 2.05) is 103 Å². The normalized spacial score (nSPS) is 8.12. The Bertz CT molecular complexity index is 999. The lowest BCUT2D eigenvalue weighted by atomic mass is 10.4. The second kappa shape index (κ2) is 21.7. The van der Waals surface area contributed by atoms with E-state index in [9.17, 15) is 0 Å². The molecule has 0 unspecified atom stereocenters. The van der Waals surface area contributed by atoms with E-state index in [-0.39, 0.29) is 0 Å². The molecule has 0 amide bonds. The molecular weight excluding hydrogens is 416 g/mol. The van der Waals surface area contributed by atoms with Crippen LogP contribution in [0, 0.1) is 0 Å². The summed E-state index contributed by atoms with van der Waals surface area (Å²) in [4.78, 5) is 0.752. The monoisotopic (exact) mass is 442 g/mol. The molecule has 0 aromatic carbocycles. The zero-order valence-corrected chi connectivity index (χ0v) is 17.9. The van der Waals surface area contributed by atoms with Crippen molar-refractivity contribution in [2.75, 3.05) is 5.84 Å². The number of nitrogens with two attached hydrogens (primary N) is 1. The van der Waals surface area contributed by atoms with Crippen LogP contribution in [0.4, 0.5) is 0 Å². The molecule has 0 aliphatic heterocycles. The highest BCUT2D eigenvalue weighted by molar-refractivity contribution is 4.99. The molecule has 1 heterocycles. The van der Waals surface area contributed by atoms with Crippen LogP contribution in [0.25, 0.3) is 0 Å². The van der Waals surface area contributed by atoms with Crippen LogP contribution in [0.1, 0.15) is 0 Å². The third-order valence-corrected chi connectivity index (χ3v) is 3.00. The van der Waals surface area contributed by atoms with Crippen LogP contribution < -0.4 is 5.84 Å². The number of hydrogen-bond acceptors (Lipinski definition) is 8. The number of rotatable bonds is 0. The number of aromatic nitrogens is 9. The molecule has 0 aliphatic carbocycles. The largest absolute Gasteiger partial charge is 0.305 e. The van der Waals surface area contributed by atoms with Gasteiger partial charge >= 0.3 is 0 Å². The molecule has 0 spiro atoms. The smallest absolute Gasteiger partial charge is 0.0514 e. The quantitative estimate of drug-likeness (QED) is 0.585. The molecule has 10 nitrogen and oxygen atoms in total. The predicted octanol–water partition coefficient (Wildman–Crippen LogP) is 3.17. The van der Waals surface area contributed by atoms with Gasteiger partial charge < -0.3 is 5.84 Å². The van der Waals surface area contributed by atoms with Gasteiger partial charge in [0.2, 0.25) is 0 Å². The first-order valence-corrected chi connectivity index (χ1v) is 9.76. The molecule has 0 atom stereocenters. The van der Waals surface area contributed by atoms with Gasteiger partial charge in [0.15, 0.2) is 0 Å². The lowest BCUT2D eigenvalue weighted by Crippen LogP contribution is -2.17. The molecule has 1 rings (SSSR count). The van der Waals surface area contributed by atoms with Gasteiger partial charge in [-0.1, -0.05) is 120 Å². The van der Waals surface area contributed by atoms with Crippen molar-refractivity contribution in [1.29, 1.82) is 0 Å². The molecule has 1 aromatic heterocycles. The van der Waals surface area contributed by atoms with E-state index in [1.165, 1.54) is 12.4 Å². The van der Waals surface area contributed by atoms with Crippen molar-refractivity contribution in [3.05, 3.63) is 140 Å². The van der Waals surface area contributed by atoms with Crippen molar-refractivity contribution in [2.24, 2.45) is 0 Å². The maximum atomic E-state index is 5.46. The predicted molar refractivity (Wildman–Crippen MR) is 127 cm³/mol. The number of hydrogen-bond donors (Lipinski definition) is 2. The van der Waals surface area contributed by atoms with E-state index in [1.54, 1.807) is 24.3 Å². The molecular formula is C23H26N10. The highest BCUT2D eigenvalue weighted by Gasteiger charge is 1.66. The van der Waals surface area contributed by atoms with Crippen molar-refractivity contribution in [3.8, 4) is 0 Å². The molecule has 33 heavy (non-hydrogen) atoms. The van der Waals surface area contributed by atoms with E-state index < -0.39 is 0 Å². The molecule has 0 saturated carbocycles. The van der Waals surface area contributed by atoms with E-state index in [0.717, 1.165) is 4.91 Å². The van der Waals surface area contributed by atoms with Crippen LogP contribution in [0.15, 0.2) is 140 Å². The number of aromatic amines is 1. The molecule has 1 aromatic rings. The molecule has 0 bridgehead atoms. The number of H-pyrrole nitrogens is 1. The minimum atomic E-state index is 0.752. The lowest BCUT2D eigenvalue weighted by Gasteiger charge is -1.84. The van der Waals surface area contributed by atoms with Gasteiger partial charge in [0.1, 0.15) is 0 Å². The highest BCUT2D eigenvalue weighted by Crippen LogP contribution is 1.80. The zero-order valence-electron chi connectivity index (χ0n) is 17.9. The first kappa shape index (κ1) is 26.0. The summed E-state index contributed by atoms with van der Waals surface area (Å²) < 4.78 is 0. The summed E-state index contributed by atoms with van der Waals surface area (Å²) >= 11 is 0. The first-order valence-electron chi connectivity index (χ1n) is 9.76. The number of nitrogens with one attached hydrogen (secondary N) is 1. The molecule has 168 valence electrons. The second-order valence-electron chi connectivity index (χ2n) is 5.48.